The van der Waals surface area contributed by atoms with E-state index in [4.69, 9.17) is 10.8 Å². The Morgan fingerprint density at radius 1 is 1.80 bits per heavy atom. The average molecular weight is 163 g/mol. The summed E-state index contributed by atoms with van der Waals surface area (Å²) in [4.78, 5) is 10.2. The van der Waals surface area contributed by atoms with Crippen LogP contribution in [0.15, 0.2) is 0 Å². The second-order valence-electron chi connectivity index (χ2n) is 1.93. The van der Waals surface area contributed by atoms with Crippen LogP contribution in [0.2, 0.25) is 0 Å². The molecule has 0 rings (SSSR count). The molecule has 0 unspecified atom stereocenters. The lowest BCUT2D eigenvalue weighted by Crippen LogP contribution is -2.30. The molecular formula is C6H13NO2S. The normalized spacial score (nSPS) is 13.0. The predicted molar refractivity (Wildman–Crippen MR) is 43.2 cm³/mol. The number of carboxylic acids is 1. The van der Waals surface area contributed by atoms with Gasteiger partial charge in [-0.2, -0.15) is 11.8 Å². The molecule has 3 N–H and O–H groups in total. The zero-order chi connectivity index (χ0) is 7.98. The van der Waals surface area contributed by atoms with Gasteiger partial charge in [0, 0.05) is 0 Å². The molecule has 0 spiro atoms. The molecule has 0 radical (unpaired) electrons. The van der Waals surface area contributed by atoms with E-state index in [0.29, 0.717) is 6.42 Å². The molecule has 60 valence electrons. The first-order valence-electron chi connectivity index (χ1n) is 3.24. The van der Waals surface area contributed by atoms with E-state index in [1.54, 1.807) is 11.8 Å². The van der Waals surface area contributed by atoms with Crippen molar-refractivity contribution in [3.8, 4) is 0 Å². The summed E-state index contributed by atoms with van der Waals surface area (Å²) in [6.45, 7) is 2.04. The fourth-order valence-electron chi connectivity index (χ4n) is 0.478. The van der Waals surface area contributed by atoms with Crippen molar-refractivity contribution in [2.24, 2.45) is 5.73 Å². The minimum atomic E-state index is -0.906. The molecule has 0 amide bonds. The summed E-state index contributed by atoms with van der Waals surface area (Å²) >= 11 is 1.71. The Morgan fingerprint density at radius 3 is 2.80 bits per heavy atom. The van der Waals surface area contributed by atoms with E-state index in [2.05, 4.69) is 0 Å². The molecule has 0 bridgehead atoms. The third-order valence-corrected chi connectivity index (χ3v) is 2.03. The van der Waals surface area contributed by atoms with Crippen molar-refractivity contribution in [3.63, 3.8) is 0 Å². The Balaban J connectivity index is 3.21. The van der Waals surface area contributed by atoms with Crippen molar-refractivity contribution in [1.82, 2.24) is 0 Å². The van der Waals surface area contributed by atoms with Crippen LogP contribution in [-0.4, -0.2) is 28.6 Å². The van der Waals surface area contributed by atoms with Gasteiger partial charge in [0.1, 0.15) is 6.04 Å². The van der Waals surface area contributed by atoms with E-state index in [9.17, 15) is 4.79 Å². The molecule has 0 fully saturated rings. The zero-order valence-electron chi connectivity index (χ0n) is 6.04. The third-order valence-electron chi connectivity index (χ3n) is 1.09. The van der Waals surface area contributed by atoms with Crippen LogP contribution in [-0.2, 0) is 4.79 Å². The predicted octanol–water partition coefficient (Wildman–Crippen LogP) is 0.542. The molecule has 3 nitrogen and oxygen atoms in total. The molecule has 1 atom stereocenters. The average Bonchev–Trinajstić information content (AvgIpc) is 1.88. The van der Waals surface area contributed by atoms with Crippen LogP contribution >= 0.6 is 11.8 Å². The van der Waals surface area contributed by atoms with Crippen molar-refractivity contribution < 1.29 is 9.90 Å². The van der Waals surface area contributed by atoms with Gasteiger partial charge >= 0.3 is 5.97 Å². The summed E-state index contributed by atoms with van der Waals surface area (Å²) in [6, 6.07) is -0.681. The van der Waals surface area contributed by atoms with Gasteiger partial charge in [-0.25, -0.2) is 0 Å². The minimum absolute atomic E-state index is 0.563. The van der Waals surface area contributed by atoms with Crippen LogP contribution in [0, 0.1) is 0 Å². The third kappa shape index (κ3) is 4.64. The summed E-state index contributed by atoms with van der Waals surface area (Å²) in [6.07, 6.45) is 0.563. The van der Waals surface area contributed by atoms with Gasteiger partial charge in [0.05, 0.1) is 0 Å². The molecular weight excluding hydrogens is 150 g/mol. The molecule has 10 heavy (non-hydrogen) atoms. The monoisotopic (exact) mass is 163 g/mol. The number of thioether (sulfide) groups is 1. The second kappa shape index (κ2) is 5.56. The Morgan fingerprint density at radius 2 is 2.40 bits per heavy atom. The van der Waals surface area contributed by atoms with E-state index in [0.717, 1.165) is 11.5 Å². The first-order chi connectivity index (χ1) is 4.68. The van der Waals surface area contributed by atoms with E-state index in [1.807, 2.05) is 6.92 Å². The van der Waals surface area contributed by atoms with E-state index in [1.165, 1.54) is 0 Å². The Kier molecular flexibility index (Phi) is 5.43. The van der Waals surface area contributed by atoms with Gasteiger partial charge < -0.3 is 10.8 Å². The molecule has 0 saturated heterocycles. The van der Waals surface area contributed by atoms with Gasteiger partial charge in [0.15, 0.2) is 0 Å². The highest BCUT2D eigenvalue weighted by atomic mass is 32.2. The number of hydrogen-bond acceptors (Lipinski definition) is 3. The van der Waals surface area contributed by atoms with Gasteiger partial charge in [-0.1, -0.05) is 6.92 Å². The van der Waals surface area contributed by atoms with Crippen molar-refractivity contribution >= 4 is 17.7 Å². The lowest BCUT2D eigenvalue weighted by molar-refractivity contribution is -0.138. The first-order valence-corrected chi connectivity index (χ1v) is 4.40. The Hall–Kier alpha value is -0.220. The minimum Gasteiger partial charge on any atom is -0.480 e. The van der Waals surface area contributed by atoms with Crippen LogP contribution in [0.1, 0.15) is 13.3 Å². The van der Waals surface area contributed by atoms with Gasteiger partial charge in [-0.05, 0) is 17.9 Å². The van der Waals surface area contributed by atoms with Crippen LogP contribution in [0.4, 0.5) is 0 Å². The highest BCUT2D eigenvalue weighted by Crippen LogP contribution is 2.02. The van der Waals surface area contributed by atoms with Gasteiger partial charge in [0.25, 0.3) is 0 Å². The number of aliphatic carboxylic acids is 1. The number of carbonyl (C=O) groups is 1. The molecule has 4 heteroatoms. The number of carboxylic acid groups (broad SMARTS) is 1. The smallest absolute Gasteiger partial charge is 0.320 e. The van der Waals surface area contributed by atoms with E-state index < -0.39 is 12.0 Å². The molecule has 0 aliphatic carbocycles. The molecule has 0 saturated carbocycles. The lowest BCUT2D eigenvalue weighted by atomic mass is 10.2. The summed E-state index contributed by atoms with van der Waals surface area (Å²) in [7, 11) is 0. The van der Waals surface area contributed by atoms with Gasteiger partial charge in [-0.3, -0.25) is 4.79 Å². The zero-order valence-corrected chi connectivity index (χ0v) is 6.86. The quantitative estimate of drug-likeness (QED) is 0.581. The van der Waals surface area contributed by atoms with Crippen LogP contribution in [0.25, 0.3) is 0 Å². The Labute approximate surface area is 65.0 Å². The summed E-state index contributed by atoms with van der Waals surface area (Å²) in [5.74, 6) is 0.952. The fraction of sp³-hybridized carbons (Fsp3) is 0.833. The SMILES string of the molecule is CCSCC[C@@H](N)C(=O)O. The van der Waals surface area contributed by atoms with Gasteiger partial charge in [-0.15, -0.1) is 0 Å². The van der Waals surface area contributed by atoms with E-state index in [-0.39, 0.29) is 0 Å². The molecule has 0 aromatic heterocycles. The number of nitrogens with two attached hydrogens (primary N) is 1. The highest BCUT2D eigenvalue weighted by Gasteiger charge is 2.09. The number of hydrogen-bond donors (Lipinski definition) is 2. The van der Waals surface area contributed by atoms with Crippen molar-refractivity contribution in [1.29, 1.82) is 0 Å². The Bertz CT molecular complexity index is 108. The van der Waals surface area contributed by atoms with Gasteiger partial charge in [0.2, 0.25) is 0 Å². The maximum atomic E-state index is 10.2. The van der Waals surface area contributed by atoms with E-state index >= 15 is 0 Å². The maximum absolute atomic E-state index is 10.2. The first kappa shape index (κ1) is 9.78. The van der Waals surface area contributed by atoms with Crippen LogP contribution in [0.3, 0.4) is 0 Å². The van der Waals surface area contributed by atoms with Crippen molar-refractivity contribution in [3.05, 3.63) is 0 Å². The topological polar surface area (TPSA) is 63.3 Å². The standard InChI is InChI=1S/C6H13NO2S/c1-2-10-4-3-5(7)6(8)9/h5H,2-4,7H2,1H3,(H,8,9)/t5-/m1/s1. The fourth-order valence-corrected chi connectivity index (χ4v) is 1.19. The summed E-state index contributed by atoms with van der Waals surface area (Å²) in [5.41, 5.74) is 5.24. The molecule has 0 aromatic carbocycles. The summed E-state index contributed by atoms with van der Waals surface area (Å²) in [5, 5.41) is 8.35. The summed E-state index contributed by atoms with van der Waals surface area (Å²) < 4.78 is 0. The highest BCUT2D eigenvalue weighted by molar-refractivity contribution is 7.99. The number of rotatable bonds is 5. The van der Waals surface area contributed by atoms with Crippen LogP contribution < -0.4 is 5.73 Å². The van der Waals surface area contributed by atoms with Crippen molar-refractivity contribution in [2.75, 3.05) is 11.5 Å². The largest absolute Gasteiger partial charge is 0.480 e. The lowest BCUT2D eigenvalue weighted by Gasteiger charge is -2.03. The second-order valence-corrected chi connectivity index (χ2v) is 3.32. The van der Waals surface area contributed by atoms with Crippen LogP contribution in [0.5, 0.6) is 0 Å². The molecule has 0 heterocycles. The van der Waals surface area contributed by atoms with Crippen molar-refractivity contribution in [2.45, 2.75) is 19.4 Å². The molecule has 0 aromatic rings. The maximum Gasteiger partial charge on any atom is 0.320 e. The molecule has 0 aliphatic heterocycles. The molecule has 0 aliphatic rings.